The molecule has 3 aromatic carbocycles. The fourth-order valence-electron chi connectivity index (χ4n) is 4.74. The molecule has 3 aromatic rings. The maximum absolute atomic E-state index is 4.51. The Labute approximate surface area is 188 Å². The molecule has 162 valence electrons. The first-order valence-electron chi connectivity index (χ1n) is 11.3. The Bertz CT molecular complexity index is 984. The molecule has 31 heavy (non-hydrogen) atoms. The summed E-state index contributed by atoms with van der Waals surface area (Å²) in [6, 6.07) is 15.7. The number of hydrogen-bond donors (Lipinski definition) is 0. The highest BCUT2D eigenvalue weighted by Gasteiger charge is 2.16. The predicted octanol–water partition coefficient (Wildman–Crippen LogP) is 8.38. The largest absolute Gasteiger partial charge is 0.602 e. The van der Waals surface area contributed by atoms with Crippen molar-refractivity contribution in [2.75, 3.05) is 6.54 Å². The molecule has 0 spiro atoms. The van der Waals surface area contributed by atoms with Crippen LogP contribution in [0.25, 0.3) is 27.7 Å². The Morgan fingerprint density at radius 1 is 0.742 bits per heavy atom. The first-order valence-corrected chi connectivity index (χ1v) is 11.3. The molecule has 0 saturated carbocycles. The van der Waals surface area contributed by atoms with Gasteiger partial charge in [-0.15, -0.1) is 6.54 Å². The van der Waals surface area contributed by atoms with Crippen molar-refractivity contribution >= 4 is 6.21 Å². The summed E-state index contributed by atoms with van der Waals surface area (Å²) in [6.45, 7) is 16.1. The standard InChI is InChI=1S/C29H35N2/c1-8-9-13-30-31-18-27-25(28-21(4)14-19(2)15-22(28)5)11-10-12-26(27)29-23(6)16-20(3)17-24(29)7/h10-12,14-18H,8-9,13H2,1-7H3/q-1/b31-18+. The molecule has 3 rings (SSSR count). The lowest BCUT2D eigenvalue weighted by molar-refractivity contribution is 0.837. The second-order valence-corrected chi connectivity index (χ2v) is 8.78. The highest BCUT2D eigenvalue weighted by molar-refractivity contribution is 6.00. The third-order valence-electron chi connectivity index (χ3n) is 5.88. The van der Waals surface area contributed by atoms with Gasteiger partial charge in [-0.2, -0.15) is 0 Å². The molecule has 0 aliphatic heterocycles. The van der Waals surface area contributed by atoms with Crippen LogP contribution >= 0.6 is 0 Å². The second kappa shape index (κ2) is 9.96. The van der Waals surface area contributed by atoms with Gasteiger partial charge in [0.15, 0.2) is 0 Å². The van der Waals surface area contributed by atoms with Crippen molar-refractivity contribution in [1.82, 2.24) is 0 Å². The minimum atomic E-state index is 0.773. The lowest BCUT2D eigenvalue weighted by Gasteiger charge is -2.21. The van der Waals surface area contributed by atoms with E-state index in [1.807, 2.05) is 6.21 Å². The van der Waals surface area contributed by atoms with E-state index in [-0.39, 0.29) is 0 Å². The van der Waals surface area contributed by atoms with E-state index < -0.39 is 0 Å². The summed E-state index contributed by atoms with van der Waals surface area (Å²) in [5.74, 6) is 0. The van der Waals surface area contributed by atoms with Gasteiger partial charge in [0.2, 0.25) is 0 Å². The van der Waals surface area contributed by atoms with Crippen LogP contribution in [-0.2, 0) is 0 Å². The SMILES string of the molecule is CCCC[N-]/N=C/c1c(-c2c(C)cc(C)cc2C)cccc1-c1c(C)cc(C)cc1C. The summed E-state index contributed by atoms with van der Waals surface area (Å²) in [7, 11) is 0. The highest BCUT2D eigenvalue weighted by atomic mass is 15.3. The van der Waals surface area contributed by atoms with Crippen molar-refractivity contribution in [3.63, 3.8) is 0 Å². The smallest absolute Gasteiger partial charge is 0.0121 e. The Morgan fingerprint density at radius 3 is 1.61 bits per heavy atom. The molecule has 2 heteroatoms. The number of aryl methyl sites for hydroxylation is 6. The normalized spacial score (nSPS) is 11.3. The minimum absolute atomic E-state index is 0.773. The number of nitrogens with zero attached hydrogens (tertiary/aromatic N) is 2. The quantitative estimate of drug-likeness (QED) is 0.212. The Morgan fingerprint density at radius 2 is 1.19 bits per heavy atom. The van der Waals surface area contributed by atoms with Crippen LogP contribution in [0.1, 0.15) is 58.7 Å². The summed E-state index contributed by atoms with van der Waals surface area (Å²) in [5.41, 5.74) is 18.4. The van der Waals surface area contributed by atoms with Crippen molar-refractivity contribution in [2.24, 2.45) is 5.10 Å². The summed E-state index contributed by atoms with van der Waals surface area (Å²) >= 11 is 0. The zero-order valence-electron chi connectivity index (χ0n) is 20.1. The van der Waals surface area contributed by atoms with Crippen LogP contribution in [0.2, 0.25) is 0 Å². The van der Waals surface area contributed by atoms with Crippen molar-refractivity contribution in [3.05, 3.63) is 86.8 Å². The molecular formula is C29H35N2-. The molecule has 0 aliphatic carbocycles. The van der Waals surface area contributed by atoms with Gasteiger partial charge in [-0.25, -0.2) is 0 Å². The molecule has 0 aliphatic rings. The average Bonchev–Trinajstić information content (AvgIpc) is 2.67. The molecule has 2 nitrogen and oxygen atoms in total. The van der Waals surface area contributed by atoms with Gasteiger partial charge < -0.3 is 10.5 Å². The van der Waals surface area contributed by atoms with Gasteiger partial charge in [-0.1, -0.05) is 73.4 Å². The van der Waals surface area contributed by atoms with E-state index in [0.29, 0.717) is 0 Å². The summed E-state index contributed by atoms with van der Waals surface area (Å²) in [5, 5.41) is 4.51. The monoisotopic (exact) mass is 411 g/mol. The third kappa shape index (κ3) is 5.07. The number of unbranched alkanes of at least 4 members (excludes halogenated alkanes) is 1. The fraction of sp³-hybridized carbons (Fsp3) is 0.345. The van der Waals surface area contributed by atoms with Crippen LogP contribution < -0.4 is 0 Å². The van der Waals surface area contributed by atoms with Crippen LogP contribution in [0.3, 0.4) is 0 Å². The van der Waals surface area contributed by atoms with Gasteiger partial charge in [0.1, 0.15) is 0 Å². The maximum Gasteiger partial charge on any atom is 0.0121 e. The van der Waals surface area contributed by atoms with E-state index in [1.165, 1.54) is 55.6 Å². The van der Waals surface area contributed by atoms with E-state index >= 15 is 0 Å². The van der Waals surface area contributed by atoms with E-state index in [2.05, 4.69) is 101 Å². The molecule has 0 amide bonds. The molecule has 0 unspecified atom stereocenters. The summed E-state index contributed by atoms with van der Waals surface area (Å²) in [6.07, 6.45) is 4.17. The van der Waals surface area contributed by atoms with Crippen LogP contribution in [0.15, 0.2) is 47.6 Å². The van der Waals surface area contributed by atoms with E-state index in [0.717, 1.165) is 24.9 Å². The van der Waals surface area contributed by atoms with Crippen LogP contribution in [0, 0.1) is 41.5 Å². The second-order valence-electron chi connectivity index (χ2n) is 8.78. The molecule has 0 radical (unpaired) electrons. The topological polar surface area (TPSA) is 26.5 Å². The van der Waals surface area contributed by atoms with Crippen molar-refractivity contribution < 1.29 is 0 Å². The van der Waals surface area contributed by atoms with Gasteiger partial charge >= 0.3 is 0 Å². The van der Waals surface area contributed by atoms with E-state index in [4.69, 9.17) is 0 Å². The Balaban J connectivity index is 2.25. The van der Waals surface area contributed by atoms with Crippen LogP contribution in [-0.4, -0.2) is 12.8 Å². The predicted molar refractivity (Wildman–Crippen MR) is 136 cm³/mol. The first-order chi connectivity index (χ1) is 14.8. The van der Waals surface area contributed by atoms with Crippen LogP contribution in [0.4, 0.5) is 0 Å². The molecule has 0 saturated heterocycles. The van der Waals surface area contributed by atoms with Crippen molar-refractivity contribution in [2.45, 2.75) is 61.3 Å². The molecule has 0 fully saturated rings. The summed E-state index contributed by atoms with van der Waals surface area (Å²) in [4.78, 5) is 0. The molecule has 0 N–H and O–H groups in total. The third-order valence-corrected chi connectivity index (χ3v) is 5.88. The van der Waals surface area contributed by atoms with Gasteiger partial charge in [0.05, 0.1) is 0 Å². The van der Waals surface area contributed by atoms with E-state index in [1.54, 1.807) is 0 Å². The first kappa shape index (κ1) is 22.8. The van der Waals surface area contributed by atoms with Gasteiger partial charge in [-0.05, 0) is 86.1 Å². The van der Waals surface area contributed by atoms with Gasteiger partial charge in [-0.3, -0.25) is 0 Å². The zero-order chi connectivity index (χ0) is 22.5. The number of hydrogen-bond acceptors (Lipinski definition) is 1. The lowest BCUT2D eigenvalue weighted by Crippen LogP contribution is -2.00. The van der Waals surface area contributed by atoms with Gasteiger partial charge in [0, 0.05) is 11.8 Å². The van der Waals surface area contributed by atoms with Crippen molar-refractivity contribution in [1.29, 1.82) is 0 Å². The molecule has 0 aromatic heterocycles. The van der Waals surface area contributed by atoms with E-state index in [9.17, 15) is 0 Å². The molecule has 0 atom stereocenters. The van der Waals surface area contributed by atoms with Crippen LogP contribution in [0.5, 0.6) is 0 Å². The lowest BCUT2D eigenvalue weighted by atomic mass is 9.85. The molecular weight excluding hydrogens is 376 g/mol. The Kier molecular flexibility index (Phi) is 7.33. The number of rotatable bonds is 7. The Hall–Kier alpha value is -2.87. The summed E-state index contributed by atoms with van der Waals surface area (Å²) < 4.78 is 0. The molecule has 0 heterocycles. The minimum Gasteiger partial charge on any atom is -0.602 e. The zero-order valence-corrected chi connectivity index (χ0v) is 20.1. The fourth-order valence-corrected chi connectivity index (χ4v) is 4.74. The van der Waals surface area contributed by atoms with Gasteiger partial charge in [0.25, 0.3) is 0 Å². The molecule has 0 bridgehead atoms. The number of benzene rings is 3. The highest BCUT2D eigenvalue weighted by Crippen LogP contribution is 2.38. The average molecular weight is 412 g/mol. The van der Waals surface area contributed by atoms with Crippen molar-refractivity contribution in [3.8, 4) is 22.3 Å². The maximum atomic E-state index is 4.51.